The Hall–Kier alpha value is -1.77. The molecule has 0 atom stereocenters. The van der Waals surface area contributed by atoms with Crippen molar-refractivity contribution in [3.63, 3.8) is 0 Å². The minimum atomic E-state index is -0.858. The van der Waals surface area contributed by atoms with Gasteiger partial charge in [0.25, 0.3) is 0 Å². The zero-order valence-electron chi connectivity index (χ0n) is 10.4. The second-order valence-electron chi connectivity index (χ2n) is 4.57. The number of carboxylic acid groups (broad SMARTS) is 1. The molecule has 3 heteroatoms. The monoisotopic (exact) mass is 231 g/mol. The molecule has 0 spiro atoms. The van der Waals surface area contributed by atoms with E-state index in [1.807, 2.05) is 23.6 Å². The van der Waals surface area contributed by atoms with E-state index in [-0.39, 0.29) is 0 Å². The Bertz CT molecular complexity index is 567. The lowest BCUT2D eigenvalue weighted by Gasteiger charge is -2.06. The molecule has 0 saturated heterocycles. The van der Waals surface area contributed by atoms with Gasteiger partial charge in [-0.3, -0.25) is 0 Å². The third-order valence-electron chi connectivity index (χ3n) is 3.14. The molecular formula is C14H17NO2. The van der Waals surface area contributed by atoms with Gasteiger partial charge in [-0.1, -0.05) is 19.9 Å². The zero-order chi connectivity index (χ0) is 12.6. The van der Waals surface area contributed by atoms with E-state index in [1.54, 1.807) is 6.20 Å². The molecule has 1 aromatic carbocycles. The first-order chi connectivity index (χ1) is 8.04. The summed E-state index contributed by atoms with van der Waals surface area (Å²) in [5.74, 6) is -0.450. The van der Waals surface area contributed by atoms with Crippen molar-refractivity contribution in [3.05, 3.63) is 35.5 Å². The van der Waals surface area contributed by atoms with Crippen molar-refractivity contribution in [2.75, 3.05) is 0 Å². The van der Waals surface area contributed by atoms with Crippen LogP contribution >= 0.6 is 0 Å². The van der Waals surface area contributed by atoms with E-state index in [2.05, 4.69) is 19.9 Å². The Balaban J connectivity index is 2.73. The number of fused-ring (bicyclic) bond motifs is 1. The topological polar surface area (TPSA) is 42.2 Å². The van der Waals surface area contributed by atoms with Gasteiger partial charge in [-0.05, 0) is 30.5 Å². The lowest BCUT2D eigenvalue weighted by Crippen LogP contribution is -1.95. The molecule has 1 N–H and O–H groups in total. The standard InChI is InChI=1S/C14H17NO2/c1-4-15-8-12(14(16)17)11-7-10(9(2)3)5-6-13(11)15/h5-9H,4H2,1-3H3,(H,16,17). The number of aromatic carboxylic acids is 1. The minimum absolute atomic E-state index is 0.393. The van der Waals surface area contributed by atoms with Gasteiger partial charge >= 0.3 is 5.97 Å². The molecule has 17 heavy (non-hydrogen) atoms. The normalized spacial score (nSPS) is 11.3. The van der Waals surface area contributed by atoms with Crippen LogP contribution in [0.4, 0.5) is 0 Å². The number of carbonyl (C=O) groups is 1. The van der Waals surface area contributed by atoms with Crippen molar-refractivity contribution in [2.24, 2.45) is 0 Å². The highest BCUT2D eigenvalue weighted by atomic mass is 16.4. The van der Waals surface area contributed by atoms with Crippen LogP contribution in [0.5, 0.6) is 0 Å². The first-order valence-corrected chi connectivity index (χ1v) is 5.90. The molecule has 1 aromatic heterocycles. The minimum Gasteiger partial charge on any atom is -0.478 e. The van der Waals surface area contributed by atoms with Crippen LogP contribution in [0.2, 0.25) is 0 Å². The Morgan fingerprint density at radius 2 is 2.12 bits per heavy atom. The second-order valence-corrected chi connectivity index (χ2v) is 4.57. The molecule has 0 unspecified atom stereocenters. The van der Waals surface area contributed by atoms with Crippen LogP contribution in [0.1, 0.15) is 42.6 Å². The zero-order valence-corrected chi connectivity index (χ0v) is 10.4. The fourth-order valence-corrected chi connectivity index (χ4v) is 2.11. The van der Waals surface area contributed by atoms with E-state index >= 15 is 0 Å². The Morgan fingerprint density at radius 3 is 2.65 bits per heavy atom. The summed E-state index contributed by atoms with van der Waals surface area (Å²) in [5.41, 5.74) is 2.56. The van der Waals surface area contributed by atoms with Gasteiger partial charge in [0.15, 0.2) is 0 Å². The van der Waals surface area contributed by atoms with Gasteiger partial charge in [0.1, 0.15) is 0 Å². The van der Waals surface area contributed by atoms with Crippen LogP contribution in [-0.4, -0.2) is 15.6 Å². The van der Waals surface area contributed by atoms with Crippen LogP contribution in [-0.2, 0) is 6.54 Å². The summed E-state index contributed by atoms with van der Waals surface area (Å²) < 4.78 is 1.98. The Morgan fingerprint density at radius 1 is 1.41 bits per heavy atom. The summed E-state index contributed by atoms with van der Waals surface area (Å²) in [6.07, 6.45) is 1.72. The van der Waals surface area contributed by atoms with Crippen LogP contribution in [0.3, 0.4) is 0 Å². The smallest absolute Gasteiger partial charge is 0.337 e. The number of aryl methyl sites for hydroxylation is 1. The van der Waals surface area contributed by atoms with Crippen LogP contribution in [0, 0.1) is 0 Å². The number of hydrogen-bond donors (Lipinski definition) is 1. The van der Waals surface area contributed by atoms with Gasteiger partial charge in [0, 0.05) is 23.6 Å². The summed E-state index contributed by atoms with van der Waals surface area (Å²) in [6, 6.07) is 6.08. The van der Waals surface area contributed by atoms with Gasteiger partial charge in [-0.25, -0.2) is 4.79 Å². The van der Waals surface area contributed by atoms with E-state index < -0.39 is 5.97 Å². The summed E-state index contributed by atoms with van der Waals surface area (Å²) in [6.45, 7) is 7.02. The quantitative estimate of drug-likeness (QED) is 0.878. The van der Waals surface area contributed by atoms with Gasteiger partial charge in [0.05, 0.1) is 5.56 Å². The molecule has 3 nitrogen and oxygen atoms in total. The number of nitrogens with zero attached hydrogens (tertiary/aromatic N) is 1. The Labute approximate surface area is 101 Å². The number of rotatable bonds is 3. The molecule has 0 aliphatic heterocycles. The second kappa shape index (κ2) is 4.24. The lowest BCUT2D eigenvalue weighted by atomic mass is 10.0. The maximum Gasteiger partial charge on any atom is 0.337 e. The molecule has 0 radical (unpaired) electrons. The number of hydrogen-bond acceptors (Lipinski definition) is 1. The molecule has 2 rings (SSSR count). The first-order valence-electron chi connectivity index (χ1n) is 5.90. The van der Waals surface area contributed by atoms with Gasteiger partial charge in [-0.2, -0.15) is 0 Å². The molecule has 0 bridgehead atoms. The number of benzene rings is 1. The van der Waals surface area contributed by atoms with E-state index in [0.717, 1.165) is 17.4 Å². The lowest BCUT2D eigenvalue weighted by molar-refractivity contribution is 0.0699. The van der Waals surface area contributed by atoms with E-state index in [9.17, 15) is 9.90 Å². The number of carboxylic acids is 1. The number of aromatic nitrogens is 1. The average molecular weight is 231 g/mol. The summed E-state index contributed by atoms with van der Waals surface area (Å²) in [4.78, 5) is 11.2. The maximum absolute atomic E-state index is 11.2. The molecule has 2 aromatic rings. The molecule has 0 fully saturated rings. The first kappa shape index (κ1) is 11.7. The summed E-state index contributed by atoms with van der Waals surface area (Å²) in [5, 5.41) is 10.0. The highest BCUT2D eigenvalue weighted by Crippen LogP contribution is 2.26. The van der Waals surface area contributed by atoms with Crippen molar-refractivity contribution in [1.82, 2.24) is 4.57 Å². The predicted octanol–water partition coefficient (Wildman–Crippen LogP) is 3.48. The molecule has 0 aliphatic carbocycles. The molecular weight excluding hydrogens is 214 g/mol. The van der Waals surface area contributed by atoms with Crippen molar-refractivity contribution >= 4 is 16.9 Å². The average Bonchev–Trinajstić information content (AvgIpc) is 2.66. The molecule has 0 amide bonds. The van der Waals surface area contributed by atoms with Crippen LogP contribution in [0.25, 0.3) is 10.9 Å². The summed E-state index contributed by atoms with van der Waals surface area (Å²) >= 11 is 0. The van der Waals surface area contributed by atoms with Gasteiger partial charge < -0.3 is 9.67 Å². The van der Waals surface area contributed by atoms with Crippen LogP contribution in [0.15, 0.2) is 24.4 Å². The molecule has 1 heterocycles. The van der Waals surface area contributed by atoms with E-state index in [0.29, 0.717) is 11.5 Å². The van der Waals surface area contributed by atoms with E-state index in [4.69, 9.17) is 0 Å². The third-order valence-corrected chi connectivity index (χ3v) is 3.14. The third kappa shape index (κ3) is 1.93. The SMILES string of the molecule is CCn1cc(C(=O)O)c2cc(C(C)C)ccc21. The van der Waals surface area contributed by atoms with Crippen molar-refractivity contribution in [2.45, 2.75) is 33.2 Å². The maximum atomic E-state index is 11.2. The highest BCUT2D eigenvalue weighted by Gasteiger charge is 2.14. The fraction of sp³-hybridized carbons (Fsp3) is 0.357. The van der Waals surface area contributed by atoms with Gasteiger partial charge in [-0.15, -0.1) is 0 Å². The summed E-state index contributed by atoms with van der Waals surface area (Å²) in [7, 11) is 0. The highest BCUT2D eigenvalue weighted by molar-refractivity contribution is 6.03. The largest absolute Gasteiger partial charge is 0.478 e. The van der Waals surface area contributed by atoms with Crippen molar-refractivity contribution < 1.29 is 9.90 Å². The molecule has 90 valence electrons. The van der Waals surface area contributed by atoms with Crippen LogP contribution < -0.4 is 0 Å². The van der Waals surface area contributed by atoms with Crippen molar-refractivity contribution in [3.8, 4) is 0 Å². The Kier molecular flexibility index (Phi) is 2.92. The molecule has 0 saturated carbocycles. The fourth-order valence-electron chi connectivity index (χ4n) is 2.11. The van der Waals surface area contributed by atoms with Crippen molar-refractivity contribution in [1.29, 1.82) is 0 Å². The molecule has 0 aliphatic rings. The predicted molar refractivity (Wildman–Crippen MR) is 68.7 cm³/mol. The van der Waals surface area contributed by atoms with Gasteiger partial charge in [0.2, 0.25) is 0 Å². The van der Waals surface area contributed by atoms with E-state index in [1.165, 1.54) is 5.56 Å².